The maximum Gasteiger partial charge on any atom is 0.189 e. The minimum atomic E-state index is -0.544. The van der Waals surface area contributed by atoms with Gasteiger partial charge in [0.1, 0.15) is 0 Å². The van der Waals surface area contributed by atoms with Crippen molar-refractivity contribution >= 4 is 11.6 Å². The van der Waals surface area contributed by atoms with Gasteiger partial charge in [0.05, 0.1) is 0 Å². The molecule has 3 heteroatoms. The highest BCUT2D eigenvalue weighted by atomic mass is 35.5. The zero-order valence-electron chi connectivity index (χ0n) is 6.47. The summed E-state index contributed by atoms with van der Waals surface area (Å²) in [6.45, 7) is 1.70. The van der Waals surface area contributed by atoms with Gasteiger partial charge in [-0.15, -0.1) is 0 Å². The van der Waals surface area contributed by atoms with Crippen LogP contribution in [0.1, 0.15) is 6.92 Å². The molecule has 0 aliphatic heterocycles. The van der Waals surface area contributed by atoms with Crippen molar-refractivity contribution in [2.75, 3.05) is 0 Å². The van der Waals surface area contributed by atoms with Crippen LogP contribution < -0.4 is 4.74 Å². The second-order valence-electron chi connectivity index (χ2n) is 2.04. The van der Waals surface area contributed by atoms with Crippen LogP contribution in [0.3, 0.4) is 0 Å². The Balaban J connectivity index is 2.82. The molecule has 1 radical (unpaired) electrons. The second kappa shape index (κ2) is 4.12. The molecule has 0 fully saturated rings. The van der Waals surface area contributed by atoms with Crippen LogP contribution in [-0.4, -0.2) is 0 Å². The molecule has 0 amide bonds. The van der Waals surface area contributed by atoms with Crippen LogP contribution in [0, 0.1) is 11.9 Å². The van der Waals surface area contributed by atoms with E-state index in [1.165, 1.54) is 18.2 Å². The molecule has 1 rings (SSSR count). The number of hydrogen-bond donors (Lipinski definition) is 0. The SMILES string of the molecule is CC=C(Cl)Oc1ccc[c]c1F. The van der Waals surface area contributed by atoms with Gasteiger partial charge >= 0.3 is 0 Å². The summed E-state index contributed by atoms with van der Waals surface area (Å²) in [4.78, 5) is 0. The van der Waals surface area contributed by atoms with Crippen LogP contribution in [0.5, 0.6) is 5.75 Å². The number of hydrogen-bond acceptors (Lipinski definition) is 1. The Labute approximate surface area is 75.4 Å². The average Bonchev–Trinajstić information content (AvgIpc) is 2.09. The maximum atomic E-state index is 12.8. The molecule has 0 heterocycles. The molecule has 0 aliphatic rings. The number of ether oxygens (including phenoxy) is 1. The average molecular weight is 186 g/mol. The molecule has 0 aliphatic carbocycles. The predicted octanol–water partition coefficient (Wildman–Crippen LogP) is 3.10. The molecule has 0 aromatic heterocycles. The lowest BCUT2D eigenvalue weighted by Gasteiger charge is -2.02. The Bertz CT molecular complexity index is 296. The first-order valence-corrected chi connectivity index (χ1v) is 3.77. The van der Waals surface area contributed by atoms with Gasteiger partial charge in [-0.2, -0.15) is 0 Å². The van der Waals surface area contributed by atoms with E-state index in [0.29, 0.717) is 0 Å². The molecule has 0 saturated carbocycles. The smallest absolute Gasteiger partial charge is 0.189 e. The molecular formula is C9H7ClFO. The largest absolute Gasteiger partial charge is 0.443 e. The van der Waals surface area contributed by atoms with E-state index >= 15 is 0 Å². The van der Waals surface area contributed by atoms with Gasteiger partial charge in [0.15, 0.2) is 16.8 Å². The van der Waals surface area contributed by atoms with Crippen LogP contribution in [0.2, 0.25) is 0 Å². The molecule has 0 bridgehead atoms. The third-order valence-corrected chi connectivity index (χ3v) is 1.50. The lowest BCUT2D eigenvalue weighted by atomic mass is 10.3. The fourth-order valence-corrected chi connectivity index (χ4v) is 0.727. The van der Waals surface area contributed by atoms with Crippen molar-refractivity contribution in [3.8, 4) is 5.75 Å². The monoisotopic (exact) mass is 185 g/mol. The first kappa shape index (κ1) is 9.07. The quantitative estimate of drug-likeness (QED) is 0.644. The van der Waals surface area contributed by atoms with Crippen molar-refractivity contribution in [3.05, 3.63) is 41.4 Å². The Hall–Kier alpha value is -1.02. The third kappa shape index (κ3) is 2.24. The van der Waals surface area contributed by atoms with Gasteiger partial charge in [0.2, 0.25) is 0 Å². The van der Waals surface area contributed by atoms with Gasteiger partial charge in [0, 0.05) is 6.07 Å². The molecule has 0 unspecified atom stereocenters. The Kier molecular flexibility index (Phi) is 3.11. The molecule has 1 aromatic rings. The van der Waals surface area contributed by atoms with Crippen LogP contribution in [0.25, 0.3) is 0 Å². The van der Waals surface area contributed by atoms with Gasteiger partial charge in [0.25, 0.3) is 0 Å². The molecule has 0 atom stereocenters. The molecule has 63 valence electrons. The lowest BCUT2D eigenvalue weighted by molar-refractivity contribution is 0.425. The number of allylic oxidation sites excluding steroid dienone is 1. The summed E-state index contributed by atoms with van der Waals surface area (Å²) in [7, 11) is 0. The van der Waals surface area contributed by atoms with Crippen LogP contribution in [0.15, 0.2) is 29.5 Å². The molecule has 1 nitrogen and oxygen atoms in total. The van der Waals surface area contributed by atoms with Crippen molar-refractivity contribution < 1.29 is 9.13 Å². The van der Waals surface area contributed by atoms with Crippen molar-refractivity contribution in [2.45, 2.75) is 6.92 Å². The van der Waals surface area contributed by atoms with Crippen LogP contribution in [0.4, 0.5) is 4.39 Å². The molecule has 0 N–H and O–H groups in total. The van der Waals surface area contributed by atoms with Crippen molar-refractivity contribution in [2.24, 2.45) is 0 Å². The normalized spacial score (nSPS) is 11.4. The highest BCUT2D eigenvalue weighted by Crippen LogP contribution is 2.18. The van der Waals surface area contributed by atoms with Gasteiger partial charge in [-0.3, -0.25) is 0 Å². The number of halogens is 2. The minimum absolute atomic E-state index is 0.0839. The van der Waals surface area contributed by atoms with E-state index < -0.39 is 5.82 Å². The lowest BCUT2D eigenvalue weighted by Crippen LogP contribution is -1.90. The van der Waals surface area contributed by atoms with Crippen LogP contribution in [-0.2, 0) is 0 Å². The van der Waals surface area contributed by atoms with Crippen molar-refractivity contribution in [1.29, 1.82) is 0 Å². The Morgan fingerprint density at radius 2 is 2.50 bits per heavy atom. The summed E-state index contributed by atoms with van der Waals surface area (Å²) in [6.07, 6.45) is 1.54. The standard InChI is InChI=1S/C9H7ClFO/c1-2-9(10)12-8-6-4-3-5-7(8)11/h2-4,6H,1H3. The van der Waals surface area contributed by atoms with Crippen molar-refractivity contribution in [1.82, 2.24) is 0 Å². The third-order valence-electron chi connectivity index (χ3n) is 1.20. The summed E-state index contributed by atoms with van der Waals surface area (Å²) in [5, 5.41) is 0.147. The van der Waals surface area contributed by atoms with Crippen molar-refractivity contribution in [3.63, 3.8) is 0 Å². The molecular weight excluding hydrogens is 179 g/mol. The van der Waals surface area contributed by atoms with Gasteiger partial charge < -0.3 is 4.74 Å². The summed E-state index contributed by atoms with van der Waals surface area (Å²) in [5.74, 6) is -0.460. The zero-order chi connectivity index (χ0) is 8.97. The molecule has 0 spiro atoms. The van der Waals surface area contributed by atoms with E-state index in [0.717, 1.165) is 0 Å². The predicted molar refractivity (Wildman–Crippen MR) is 45.5 cm³/mol. The molecule has 12 heavy (non-hydrogen) atoms. The Morgan fingerprint density at radius 3 is 3.08 bits per heavy atom. The van der Waals surface area contributed by atoms with E-state index in [9.17, 15) is 4.39 Å². The fourth-order valence-electron chi connectivity index (χ4n) is 0.644. The van der Waals surface area contributed by atoms with Gasteiger partial charge in [-0.05, 0) is 30.7 Å². The molecule has 0 saturated heterocycles. The zero-order valence-corrected chi connectivity index (χ0v) is 7.23. The highest BCUT2D eigenvalue weighted by molar-refractivity contribution is 6.28. The summed E-state index contributed by atoms with van der Waals surface area (Å²) in [6, 6.07) is 6.92. The summed E-state index contributed by atoms with van der Waals surface area (Å²) >= 11 is 5.53. The topological polar surface area (TPSA) is 9.23 Å². The van der Waals surface area contributed by atoms with E-state index in [2.05, 4.69) is 6.07 Å². The van der Waals surface area contributed by atoms with Crippen LogP contribution >= 0.6 is 11.6 Å². The second-order valence-corrected chi connectivity index (χ2v) is 2.42. The van der Waals surface area contributed by atoms with E-state index in [4.69, 9.17) is 16.3 Å². The Morgan fingerprint density at radius 1 is 1.75 bits per heavy atom. The number of benzene rings is 1. The van der Waals surface area contributed by atoms with Gasteiger partial charge in [-0.25, -0.2) is 4.39 Å². The van der Waals surface area contributed by atoms with Gasteiger partial charge in [-0.1, -0.05) is 12.1 Å². The summed E-state index contributed by atoms with van der Waals surface area (Å²) in [5.41, 5.74) is 0. The van der Waals surface area contributed by atoms with E-state index in [1.54, 1.807) is 13.0 Å². The maximum absolute atomic E-state index is 12.8. The highest BCUT2D eigenvalue weighted by Gasteiger charge is 2.02. The molecule has 1 aromatic carbocycles. The van der Waals surface area contributed by atoms with E-state index in [1.807, 2.05) is 0 Å². The summed E-state index contributed by atoms with van der Waals surface area (Å²) < 4.78 is 17.7. The van der Waals surface area contributed by atoms with E-state index in [-0.39, 0.29) is 11.0 Å². The first-order chi connectivity index (χ1) is 5.74. The first-order valence-electron chi connectivity index (χ1n) is 3.40. The minimum Gasteiger partial charge on any atom is -0.443 e. The fraction of sp³-hybridized carbons (Fsp3) is 0.111. The number of rotatable bonds is 2.